The molecule has 6 nitrogen and oxygen atoms in total. The van der Waals surface area contributed by atoms with E-state index in [1.165, 1.54) is 0 Å². The summed E-state index contributed by atoms with van der Waals surface area (Å²) in [6.07, 6.45) is 0.973. The lowest BCUT2D eigenvalue weighted by Gasteiger charge is -2.20. The van der Waals surface area contributed by atoms with E-state index in [0.29, 0.717) is 16.9 Å². The average Bonchev–Trinajstić information content (AvgIpc) is 3.17. The van der Waals surface area contributed by atoms with Crippen LogP contribution in [0.25, 0.3) is 10.8 Å². The second-order valence-corrected chi connectivity index (χ2v) is 8.20. The molecular weight excluding hydrogens is 420 g/mol. The minimum atomic E-state index is 0.211. The summed E-state index contributed by atoms with van der Waals surface area (Å²) in [5, 5.41) is 33.6. The average molecular weight is 443 g/mol. The molecule has 0 amide bonds. The van der Waals surface area contributed by atoms with Crippen LogP contribution >= 0.6 is 15.9 Å². The molecule has 2 heterocycles. The van der Waals surface area contributed by atoms with Gasteiger partial charge in [-0.15, -0.1) is 10.2 Å². The van der Waals surface area contributed by atoms with Crippen molar-refractivity contribution in [3.05, 3.63) is 52.0 Å². The Kier molecular flexibility index (Phi) is 5.37. The monoisotopic (exact) mass is 442 g/mol. The minimum Gasteiger partial charge on any atom is -0.507 e. The number of fused-ring (bicyclic) bond motifs is 1. The van der Waals surface area contributed by atoms with Crippen LogP contribution in [0.5, 0.6) is 5.75 Å². The second kappa shape index (κ2) is 7.93. The highest BCUT2D eigenvalue weighted by atomic mass is 79.9. The van der Waals surface area contributed by atoms with Gasteiger partial charge in [0.15, 0.2) is 11.6 Å². The molecule has 0 bridgehead atoms. The van der Waals surface area contributed by atoms with E-state index in [0.717, 1.165) is 53.0 Å². The molecule has 0 unspecified atom stereocenters. The number of nitrogens with zero attached hydrogens (tertiary/aromatic N) is 3. The largest absolute Gasteiger partial charge is 0.507 e. The third-order valence-corrected chi connectivity index (χ3v) is 5.87. The molecule has 3 aromatic rings. The van der Waals surface area contributed by atoms with Crippen molar-refractivity contribution in [1.82, 2.24) is 10.2 Å². The highest BCUT2D eigenvalue weighted by molar-refractivity contribution is 9.10. The zero-order chi connectivity index (χ0) is 19.7. The van der Waals surface area contributed by atoms with Gasteiger partial charge in [0.25, 0.3) is 0 Å². The summed E-state index contributed by atoms with van der Waals surface area (Å²) in [6, 6.07) is 11.8. The van der Waals surface area contributed by atoms with Crippen LogP contribution in [0.3, 0.4) is 0 Å². The smallest absolute Gasteiger partial charge is 0.159 e. The van der Waals surface area contributed by atoms with Crippen LogP contribution in [0, 0.1) is 12.8 Å². The van der Waals surface area contributed by atoms with Crippen LogP contribution in [0.2, 0.25) is 0 Å². The summed E-state index contributed by atoms with van der Waals surface area (Å²) in [4.78, 5) is 2.21. The maximum absolute atomic E-state index is 9.66. The Hall–Kier alpha value is -2.38. The number of phenols is 1. The number of hydrogen-bond acceptors (Lipinski definition) is 6. The molecule has 1 aliphatic rings. The van der Waals surface area contributed by atoms with Gasteiger partial charge in [-0.25, -0.2) is 0 Å². The molecule has 0 aliphatic carbocycles. The predicted octanol–water partition coefficient (Wildman–Crippen LogP) is 3.84. The number of phenolic OH excluding ortho intramolecular Hbond substituents is 1. The van der Waals surface area contributed by atoms with Gasteiger partial charge in [-0.3, -0.25) is 0 Å². The molecule has 28 heavy (non-hydrogen) atoms. The Balaban J connectivity index is 1.64. The first-order valence-electron chi connectivity index (χ1n) is 9.39. The zero-order valence-electron chi connectivity index (χ0n) is 15.7. The summed E-state index contributed by atoms with van der Waals surface area (Å²) >= 11 is 3.35. The summed E-state index contributed by atoms with van der Waals surface area (Å²) < 4.78 is 0.668. The molecule has 4 rings (SSSR count). The Morgan fingerprint density at radius 1 is 1.18 bits per heavy atom. The number of aromatic hydroxyl groups is 1. The van der Waals surface area contributed by atoms with Crippen molar-refractivity contribution < 1.29 is 10.2 Å². The number of aryl methyl sites for hydroxylation is 1. The maximum atomic E-state index is 9.66. The van der Waals surface area contributed by atoms with E-state index in [-0.39, 0.29) is 12.4 Å². The van der Waals surface area contributed by atoms with Crippen LogP contribution in [0.1, 0.15) is 17.5 Å². The minimum absolute atomic E-state index is 0.211. The van der Waals surface area contributed by atoms with Crippen molar-refractivity contribution in [2.45, 2.75) is 19.9 Å². The highest BCUT2D eigenvalue weighted by Gasteiger charge is 2.25. The fraction of sp³-hybridized carbons (Fsp3) is 0.333. The van der Waals surface area contributed by atoms with Crippen molar-refractivity contribution in [1.29, 1.82) is 0 Å². The molecule has 1 atom stereocenters. The molecule has 0 radical (unpaired) electrons. The number of halogens is 1. The number of hydrogen-bond donors (Lipinski definition) is 3. The maximum Gasteiger partial charge on any atom is 0.159 e. The number of nitrogens with one attached hydrogen (secondary N) is 1. The molecule has 7 heteroatoms. The molecule has 0 spiro atoms. The fourth-order valence-electron chi connectivity index (χ4n) is 3.64. The van der Waals surface area contributed by atoms with E-state index in [2.05, 4.69) is 61.5 Å². The molecule has 146 valence electrons. The predicted molar refractivity (Wildman–Crippen MR) is 115 cm³/mol. The van der Waals surface area contributed by atoms with Crippen molar-refractivity contribution in [2.24, 2.45) is 5.92 Å². The first kappa shape index (κ1) is 19.0. The number of benzene rings is 2. The molecule has 3 N–H and O–H groups in total. The number of rotatable bonds is 5. The fourth-order valence-corrected chi connectivity index (χ4v) is 4.06. The Labute approximate surface area is 172 Å². The number of aliphatic hydroxyl groups excluding tert-OH is 1. The first-order valence-corrected chi connectivity index (χ1v) is 10.2. The molecule has 1 fully saturated rings. The molecule has 1 aromatic heterocycles. The molecule has 2 aromatic carbocycles. The van der Waals surface area contributed by atoms with Gasteiger partial charge in [0.2, 0.25) is 0 Å². The van der Waals surface area contributed by atoms with Gasteiger partial charge in [-0.1, -0.05) is 23.8 Å². The van der Waals surface area contributed by atoms with Gasteiger partial charge in [-0.2, -0.15) is 0 Å². The van der Waals surface area contributed by atoms with Crippen molar-refractivity contribution >= 4 is 38.3 Å². The summed E-state index contributed by atoms with van der Waals surface area (Å²) in [7, 11) is 0. The van der Waals surface area contributed by atoms with E-state index in [9.17, 15) is 10.2 Å². The SMILES string of the molecule is Cc1ccc2c(N3CC[C@H](CO)C3)nnc(NCc3ccc(O)c(Br)c3)c2c1. The van der Waals surface area contributed by atoms with E-state index < -0.39 is 0 Å². The van der Waals surface area contributed by atoms with Crippen molar-refractivity contribution in [3.8, 4) is 5.75 Å². The van der Waals surface area contributed by atoms with E-state index in [1.807, 2.05) is 12.1 Å². The first-order chi connectivity index (χ1) is 13.5. The van der Waals surface area contributed by atoms with Crippen LogP contribution < -0.4 is 10.2 Å². The van der Waals surface area contributed by atoms with Crippen LogP contribution in [0.15, 0.2) is 40.9 Å². The third-order valence-electron chi connectivity index (χ3n) is 5.23. The summed E-state index contributed by atoms with van der Waals surface area (Å²) in [6.45, 7) is 4.55. The molecule has 1 saturated heterocycles. The zero-order valence-corrected chi connectivity index (χ0v) is 17.3. The number of aromatic nitrogens is 2. The second-order valence-electron chi connectivity index (χ2n) is 7.34. The topological polar surface area (TPSA) is 81.5 Å². The van der Waals surface area contributed by atoms with E-state index in [4.69, 9.17) is 0 Å². The van der Waals surface area contributed by atoms with Crippen LogP contribution in [0.4, 0.5) is 11.6 Å². The molecule has 1 aliphatic heterocycles. The van der Waals surface area contributed by atoms with Crippen LogP contribution in [-0.4, -0.2) is 40.1 Å². The van der Waals surface area contributed by atoms with Crippen molar-refractivity contribution in [3.63, 3.8) is 0 Å². The molecule has 0 saturated carbocycles. The Morgan fingerprint density at radius 3 is 2.79 bits per heavy atom. The third kappa shape index (κ3) is 3.77. The number of aliphatic hydroxyl groups is 1. The van der Waals surface area contributed by atoms with Gasteiger partial charge in [0, 0.05) is 42.9 Å². The number of anilines is 2. The Morgan fingerprint density at radius 2 is 2.04 bits per heavy atom. The van der Waals surface area contributed by atoms with E-state index in [1.54, 1.807) is 6.07 Å². The van der Waals surface area contributed by atoms with Gasteiger partial charge >= 0.3 is 0 Å². The quantitative estimate of drug-likeness (QED) is 0.556. The van der Waals surface area contributed by atoms with Gasteiger partial charge in [-0.05, 0) is 53.0 Å². The van der Waals surface area contributed by atoms with E-state index >= 15 is 0 Å². The van der Waals surface area contributed by atoms with Gasteiger partial charge in [0.1, 0.15) is 5.75 Å². The Bertz CT molecular complexity index is 1010. The lowest BCUT2D eigenvalue weighted by Crippen LogP contribution is -2.22. The molecular formula is C21H23BrN4O2. The van der Waals surface area contributed by atoms with Crippen molar-refractivity contribution in [2.75, 3.05) is 29.9 Å². The van der Waals surface area contributed by atoms with Crippen LogP contribution in [-0.2, 0) is 6.54 Å². The highest BCUT2D eigenvalue weighted by Crippen LogP contribution is 2.32. The standard InChI is InChI=1S/C21H23BrN4O2/c1-13-2-4-16-17(8-13)20(23-10-14-3-5-19(28)18(22)9-14)24-25-21(16)26-7-6-15(11-26)12-27/h2-5,8-9,15,27-28H,6-7,10-12H2,1H3,(H,23,24)/t15-/m0/s1. The summed E-state index contributed by atoms with van der Waals surface area (Å²) in [5.74, 6) is 2.14. The normalized spacial score (nSPS) is 16.7. The lowest BCUT2D eigenvalue weighted by molar-refractivity contribution is 0.238. The van der Waals surface area contributed by atoms with Gasteiger partial charge < -0.3 is 20.4 Å². The summed E-state index contributed by atoms with van der Waals surface area (Å²) in [5.41, 5.74) is 2.19. The van der Waals surface area contributed by atoms with Gasteiger partial charge in [0.05, 0.1) is 4.47 Å². The lowest BCUT2D eigenvalue weighted by atomic mass is 10.1.